The number of hydrogen-bond donors (Lipinski definition) is 0. The second kappa shape index (κ2) is 10.7. The number of halogens is 1. The fourth-order valence-electron chi connectivity index (χ4n) is 4.43. The Morgan fingerprint density at radius 1 is 1.06 bits per heavy atom. The maximum absolute atomic E-state index is 13.4. The number of hydrogen-bond acceptors (Lipinski definition) is 5. The van der Waals surface area contributed by atoms with Gasteiger partial charge in [-0.1, -0.05) is 36.4 Å². The van der Waals surface area contributed by atoms with Gasteiger partial charge in [0.1, 0.15) is 5.82 Å². The molecule has 0 N–H and O–H groups in total. The van der Waals surface area contributed by atoms with E-state index in [-0.39, 0.29) is 17.8 Å². The Bertz CT molecular complexity index is 1060. The highest BCUT2D eigenvalue weighted by Gasteiger charge is 2.22. The molecule has 2 heterocycles. The van der Waals surface area contributed by atoms with Gasteiger partial charge >= 0.3 is 5.97 Å². The van der Waals surface area contributed by atoms with E-state index in [2.05, 4.69) is 38.4 Å². The van der Waals surface area contributed by atoms with Gasteiger partial charge in [0.15, 0.2) is 0 Å². The van der Waals surface area contributed by atoms with Gasteiger partial charge in [-0.15, -0.1) is 0 Å². The van der Waals surface area contributed by atoms with Crippen molar-refractivity contribution in [3.8, 4) is 11.1 Å². The number of piperazine rings is 1. The van der Waals surface area contributed by atoms with Crippen LogP contribution in [0, 0.1) is 5.82 Å². The van der Waals surface area contributed by atoms with Crippen molar-refractivity contribution in [2.45, 2.75) is 26.4 Å². The lowest BCUT2D eigenvalue weighted by atomic mass is 9.95. The Labute approximate surface area is 194 Å². The Kier molecular flexibility index (Phi) is 7.52. The van der Waals surface area contributed by atoms with Gasteiger partial charge in [-0.05, 0) is 42.7 Å². The molecule has 1 aromatic heterocycles. The fourth-order valence-corrected chi connectivity index (χ4v) is 4.43. The van der Waals surface area contributed by atoms with E-state index in [0.717, 1.165) is 49.5 Å². The van der Waals surface area contributed by atoms with Crippen molar-refractivity contribution in [2.75, 3.05) is 39.3 Å². The third-order valence-electron chi connectivity index (χ3n) is 6.24. The molecule has 6 nitrogen and oxygen atoms in total. The van der Waals surface area contributed by atoms with Crippen LogP contribution in [0.5, 0.6) is 0 Å². The summed E-state index contributed by atoms with van der Waals surface area (Å²) in [4.78, 5) is 20.7. The quantitative estimate of drug-likeness (QED) is 0.486. The largest absolute Gasteiger partial charge is 0.465 e. The molecule has 4 rings (SSSR count). The highest BCUT2D eigenvalue weighted by Crippen LogP contribution is 2.31. The summed E-state index contributed by atoms with van der Waals surface area (Å²) in [5.41, 5.74) is 4.41. The van der Waals surface area contributed by atoms with Crippen LogP contribution in [0.3, 0.4) is 0 Å². The first-order valence-corrected chi connectivity index (χ1v) is 11.5. The number of carbonyl (C=O) groups excluding carboxylic acids is 1. The Morgan fingerprint density at radius 2 is 1.76 bits per heavy atom. The minimum atomic E-state index is -0.233. The number of ether oxygens (including phenoxy) is 1. The zero-order chi connectivity index (χ0) is 23.2. The fraction of sp³-hybridized carbons (Fsp3) is 0.385. The van der Waals surface area contributed by atoms with Crippen molar-refractivity contribution in [1.29, 1.82) is 0 Å². The second-order valence-corrected chi connectivity index (χ2v) is 8.42. The zero-order valence-electron chi connectivity index (χ0n) is 19.3. The number of nitrogens with zero attached hydrogens (tertiary/aromatic N) is 4. The van der Waals surface area contributed by atoms with Gasteiger partial charge in [-0.25, -0.2) is 9.37 Å². The SMILES string of the molecule is CCOC(=O)CN1CCN(Cc2cncn2C(C)c2ccccc2-c2ccc(F)cc2)CC1. The molecule has 0 amide bonds. The van der Waals surface area contributed by atoms with Crippen LogP contribution < -0.4 is 0 Å². The number of esters is 1. The predicted octanol–water partition coefficient (Wildman–Crippen LogP) is 3.98. The molecule has 2 aromatic carbocycles. The molecule has 33 heavy (non-hydrogen) atoms. The molecule has 1 atom stereocenters. The monoisotopic (exact) mass is 450 g/mol. The highest BCUT2D eigenvalue weighted by molar-refractivity contribution is 5.71. The summed E-state index contributed by atoms with van der Waals surface area (Å²) in [5.74, 6) is -0.388. The third kappa shape index (κ3) is 5.67. The normalized spacial score (nSPS) is 16.0. The molecule has 174 valence electrons. The van der Waals surface area contributed by atoms with E-state index in [9.17, 15) is 9.18 Å². The molecule has 0 saturated carbocycles. The van der Waals surface area contributed by atoms with Crippen LogP contribution in [-0.4, -0.2) is 64.7 Å². The number of carbonyl (C=O) groups is 1. The second-order valence-electron chi connectivity index (χ2n) is 8.42. The molecule has 1 aliphatic heterocycles. The van der Waals surface area contributed by atoms with E-state index in [1.165, 1.54) is 17.7 Å². The predicted molar refractivity (Wildman–Crippen MR) is 126 cm³/mol. The van der Waals surface area contributed by atoms with Crippen LogP contribution >= 0.6 is 0 Å². The third-order valence-corrected chi connectivity index (χ3v) is 6.24. The van der Waals surface area contributed by atoms with E-state index in [0.29, 0.717) is 13.2 Å². The van der Waals surface area contributed by atoms with Crippen molar-refractivity contribution in [1.82, 2.24) is 19.4 Å². The number of imidazole rings is 1. The Hall–Kier alpha value is -3.03. The molecular weight excluding hydrogens is 419 g/mol. The molecule has 1 unspecified atom stereocenters. The maximum atomic E-state index is 13.4. The van der Waals surface area contributed by atoms with Crippen molar-refractivity contribution >= 4 is 5.97 Å². The van der Waals surface area contributed by atoms with E-state index < -0.39 is 0 Å². The van der Waals surface area contributed by atoms with Gasteiger partial charge in [0, 0.05) is 38.9 Å². The van der Waals surface area contributed by atoms with Crippen molar-refractivity contribution < 1.29 is 13.9 Å². The molecule has 3 aromatic rings. The number of aromatic nitrogens is 2. The van der Waals surface area contributed by atoms with E-state index in [1.54, 1.807) is 0 Å². The van der Waals surface area contributed by atoms with E-state index >= 15 is 0 Å². The Balaban J connectivity index is 1.44. The molecule has 1 fully saturated rings. The van der Waals surface area contributed by atoms with Crippen LogP contribution in [0.4, 0.5) is 4.39 Å². The van der Waals surface area contributed by atoms with Gasteiger partial charge in [0.05, 0.1) is 31.2 Å². The molecule has 0 aliphatic carbocycles. The van der Waals surface area contributed by atoms with Crippen molar-refractivity contribution in [2.24, 2.45) is 0 Å². The minimum absolute atomic E-state index is 0.0776. The summed E-state index contributed by atoms with van der Waals surface area (Å²) in [5, 5.41) is 0. The summed E-state index contributed by atoms with van der Waals surface area (Å²) in [6.45, 7) is 9.06. The molecule has 0 radical (unpaired) electrons. The average molecular weight is 451 g/mol. The van der Waals surface area contributed by atoms with Gasteiger partial charge in [-0.2, -0.15) is 0 Å². The van der Waals surface area contributed by atoms with Gasteiger partial charge in [0.2, 0.25) is 0 Å². The summed E-state index contributed by atoms with van der Waals surface area (Å²) in [7, 11) is 0. The number of benzene rings is 2. The lowest BCUT2D eigenvalue weighted by Gasteiger charge is -2.34. The van der Waals surface area contributed by atoms with Crippen LogP contribution in [0.25, 0.3) is 11.1 Å². The highest BCUT2D eigenvalue weighted by atomic mass is 19.1. The van der Waals surface area contributed by atoms with Crippen LogP contribution in [0.1, 0.15) is 31.1 Å². The molecule has 0 spiro atoms. The van der Waals surface area contributed by atoms with Crippen LogP contribution in [0.15, 0.2) is 61.1 Å². The lowest BCUT2D eigenvalue weighted by Crippen LogP contribution is -2.47. The summed E-state index contributed by atoms with van der Waals surface area (Å²) < 4.78 is 20.7. The lowest BCUT2D eigenvalue weighted by molar-refractivity contribution is -0.144. The Morgan fingerprint density at radius 3 is 2.48 bits per heavy atom. The number of rotatable bonds is 8. The van der Waals surface area contributed by atoms with E-state index in [4.69, 9.17) is 4.74 Å². The molecule has 1 saturated heterocycles. The summed E-state index contributed by atoms with van der Waals surface area (Å²) >= 11 is 0. The minimum Gasteiger partial charge on any atom is -0.465 e. The van der Waals surface area contributed by atoms with Crippen molar-refractivity contribution in [3.63, 3.8) is 0 Å². The van der Waals surface area contributed by atoms with Crippen LogP contribution in [0.2, 0.25) is 0 Å². The first-order valence-electron chi connectivity index (χ1n) is 11.5. The topological polar surface area (TPSA) is 50.6 Å². The van der Waals surface area contributed by atoms with Crippen LogP contribution in [-0.2, 0) is 16.1 Å². The average Bonchev–Trinajstić information content (AvgIpc) is 3.29. The van der Waals surface area contributed by atoms with Crippen molar-refractivity contribution in [3.05, 3.63) is 78.1 Å². The first kappa shape index (κ1) is 23.1. The first-order chi connectivity index (χ1) is 16.0. The van der Waals surface area contributed by atoms with Gasteiger partial charge < -0.3 is 9.30 Å². The molecule has 0 bridgehead atoms. The summed E-state index contributed by atoms with van der Waals surface area (Å²) in [6, 6.07) is 15.0. The summed E-state index contributed by atoms with van der Waals surface area (Å²) in [6.07, 6.45) is 3.82. The van der Waals surface area contributed by atoms with Gasteiger partial charge in [-0.3, -0.25) is 14.6 Å². The zero-order valence-corrected chi connectivity index (χ0v) is 19.3. The molecule has 1 aliphatic rings. The van der Waals surface area contributed by atoms with E-state index in [1.807, 2.05) is 43.7 Å². The van der Waals surface area contributed by atoms with Gasteiger partial charge in [0.25, 0.3) is 0 Å². The smallest absolute Gasteiger partial charge is 0.320 e. The molecule has 7 heteroatoms. The standard InChI is InChI=1S/C26H31FN4O2/c1-3-33-26(32)18-30-14-12-29(13-15-30)17-23-16-28-19-31(23)20(2)24-6-4-5-7-25(24)21-8-10-22(27)11-9-21/h4-11,16,19-20H,3,12-15,17-18H2,1-2H3. The molecular formula is C26H31FN4O2. The maximum Gasteiger partial charge on any atom is 0.320 e.